The minimum atomic E-state index is -0.119. The second-order valence-electron chi connectivity index (χ2n) is 3.43. The Kier molecular flexibility index (Phi) is 5.88. The molecular weight excluding hydrogens is 206 g/mol. The van der Waals surface area contributed by atoms with Gasteiger partial charge in [-0.1, -0.05) is 0 Å². The molecule has 5 heteroatoms. The summed E-state index contributed by atoms with van der Waals surface area (Å²) in [6.07, 6.45) is 2.61. The summed E-state index contributed by atoms with van der Waals surface area (Å²) in [5.74, 6) is 0.884. The van der Waals surface area contributed by atoms with Crippen molar-refractivity contribution in [2.45, 2.75) is 26.6 Å². The molecule has 0 radical (unpaired) electrons. The first kappa shape index (κ1) is 13.0. The highest BCUT2D eigenvalue weighted by Gasteiger charge is 2.07. The van der Waals surface area contributed by atoms with Gasteiger partial charge in [0.25, 0.3) is 0 Å². The Morgan fingerprint density at radius 1 is 1.38 bits per heavy atom. The van der Waals surface area contributed by atoms with Gasteiger partial charge in [0.1, 0.15) is 5.82 Å². The molecule has 0 atom stereocenters. The fraction of sp³-hybridized carbons (Fsp3) is 0.727. The molecule has 0 saturated heterocycles. The van der Waals surface area contributed by atoms with Gasteiger partial charge in [-0.2, -0.15) is 5.10 Å². The lowest BCUT2D eigenvalue weighted by Gasteiger charge is -2.16. The number of rotatable bonds is 8. The van der Waals surface area contributed by atoms with Crippen LogP contribution < -0.4 is 5.32 Å². The van der Waals surface area contributed by atoms with Crippen LogP contribution in [0.4, 0.5) is 5.82 Å². The molecule has 0 aliphatic carbocycles. The lowest BCUT2D eigenvalue weighted by molar-refractivity contribution is -0.137. The third kappa shape index (κ3) is 4.63. The van der Waals surface area contributed by atoms with Gasteiger partial charge in [-0.25, -0.2) is 0 Å². The first-order chi connectivity index (χ1) is 7.76. The molecule has 0 aromatic carbocycles. The molecule has 16 heavy (non-hydrogen) atoms. The first-order valence-electron chi connectivity index (χ1n) is 5.73. The van der Waals surface area contributed by atoms with Crippen molar-refractivity contribution in [3.8, 4) is 0 Å². The SMILES string of the molecule is CCOC(CCNc1ccn(C)n1)OCC. The molecule has 1 heterocycles. The quantitative estimate of drug-likeness (QED) is 0.686. The Labute approximate surface area is 96.7 Å². The predicted octanol–water partition coefficient (Wildman–Crippen LogP) is 1.62. The average Bonchev–Trinajstić information content (AvgIpc) is 2.65. The van der Waals surface area contributed by atoms with Gasteiger partial charge in [0.2, 0.25) is 0 Å². The molecule has 1 N–H and O–H groups in total. The van der Waals surface area contributed by atoms with Crippen LogP contribution in [0.5, 0.6) is 0 Å². The van der Waals surface area contributed by atoms with Crippen LogP contribution >= 0.6 is 0 Å². The zero-order valence-electron chi connectivity index (χ0n) is 10.3. The number of aromatic nitrogens is 2. The molecule has 0 spiro atoms. The van der Waals surface area contributed by atoms with Gasteiger partial charge in [-0.05, 0) is 13.8 Å². The fourth-order valence-corrected chi connectivity index (χ4v) is 1.41. The van der Waals surface area contributed by atoms with E-state index in [4.69, 9.17) is 9.47 Å². The second kappa shape index (κ2) is 7.24. The summed E-state index contributed by atoms with van der Waals surface area (Å²) < 4.78 is 12.6. The molecule has 0 fully saturated rings. The van der Waals surface area contributed by atoms with Gasteiger partial charge in [0.15, 0.2) is 6.29 Å². The van der Waals surface area contributed by atoms with Crippen LogP contribution in [0.15, 0.2) is 12.3 Å². The first-order valence-corrected chi connectivity index (χ1v) is 5.73. The summed E-state index contributed by atoms with van der Waals surface area (Å²) in [4.78, 5) is 0. The van der Waals surface area contributed by atoms with E-state index < -0.39 is 0 Å². The number of ether oxygens (including phenoxy) is 2. The molecule has 1 aromatic heterocycles. The number of hydrogen-bond donors (Lipinski definition) is 1. The molecule has 92 valence electrons. The number of aryl methyl sites for hydroxylation is 1. The highest BCUT2D eigenvalue weighted by atomic mass is 16.7. The zero-order chi connectivity index (χ0) is 11.8. The van der Waals surface area contributed by atoms with Gasteiger partial charge in [0.05, 0.1) is 0 Å². The number of anilines is 1. The van der Waals surface area contributed by atoms with E-state index >= 15 is 0 Å². The molecule has 0 unspecified atom stereocenters. The average molecular weight is 227 g/mol. The largest absolute Gasteiger partial charge is 0.368 e. The van der Waals surface area contributed by atoms with Crippen LogP contribution in [-0.2, 0) is 16.5 Å². The van der Waals surface area contributed by atoms with E-state index in [2.05, 4.69) is 10.4 Å². The van der Waals surface area contributed by atoms with Crippen molar-refractivity contribution in [1.82, 2.24) is 9.78 Å². The highest BCUT2D eigenvalue weighted by Crippen LogP contribution is 2.04. The van der Waals surface area contributed by atoms with Crippen molar-refractivity contribution in [2.24, 2.45) is 7.05 Å². The summed E-state index contributed by atoms with van der Waals surface area (Å²) in [6, 6.07) is 1.94. The van der Waals surface area contributed by atoms with Gasteiger partial charge < -0.3 is 14.8 Å². The number of hydrogen-bond acceptors (Lipinski definition) is 4. The Bertz CT molecular complexity index is 283. The standard InChI is InChI=1S/C11H21N3O2/c1-4-15-11(16-5-2)6-8-12-10-7-9-14(3)13-10/h7,9,11H,4-6,8H2,1-3H3,(H,12,13). The second-order valence-corrected chi connectivity index (χ2v) is 3.43. The smallest absolute Gasteiger partial charge is 0.159 e. The molecular formula is C11H21N3O2. The molecule has 1 rings (SSSR count). The van der Waals surface area contributed by atoms with Crippen molar-refractivity contribution in [2.75, 3.05) is 25.1 Å². The minimum Gasteiger partial charge on any atom is -0.368 e. The summed E-state index contributed by atoms with van der Waals surface area (Å²) in [6.45, 7) is 6.08. The minimum absolute atomic E-state index is 0.119. The van der Waals surface area contributed by atoms with Crippen molar-refractivity contribution >= 4 is 5.82 Å². The maximum atomic E-state index is 5.44. The van der Waals surface area contributed by atoms with Crippen LogP contribution in [0.3, 0.4) is 0 Å². The van der Waals surface area contributed by atoms with Crippen LogP contribution in [0, 0.1) is 0 Å². The van der Waals surface area contributed by atoms with Crippen LogP contribution in [0.2, 0.25) is 0 Å². The Hall–Kier alpha value is -1.07. The van der Waals surface area contributed by atoms with Crippen LogP contribution in [-0.4, -0.2) is 35.8 Å². The Balaban J connectivity index is 2.21. The molecule has 0 bridgehead atoms. The topological polar surface area (TPSA) is 48.3 Å². The van der Waals surface area contributed by atoms with E-state index in [0.29, 0.717) is 13.2 Å². The monoisotopic (exact) mass is 227 g/mol. The summed E-state index contributed by atoms with van der Waals surface area (Å²) >= 11 is 0. The number of nitrogens with zero attached hydrogens (tertiary/aromatic N) is 2. The van der Waals surface area contributed by atoms with E-state index in [1.807, 2.05) is 33.2 Å². The van der Waals surface area contributed by atoms with Crippen molar-refractivity contribution < 1.29 is 9.47 Å². The summed E-state index contributed by atoms with van der Waals surface area (Å²) in [7, 11) is 1.90. The number of nitrogens with one attached hydrogen (secondary N) is 1. The van der Waals surface area contributed by atoms with Crippen molar-refractivity contribution in [3.63, 3.8) is 0 Å². The Morgan fingerprint density at radius 3 is 2.56 bits per heavy atom. The van der Waals surface area contributed by atoms with Gasteiger partial charge in [0, 0.05) is 45.5 Å². The predicted molar refractivity (Wildman–Crippen MR) is 63.4 cm³/mol. The third-order valence-corrected chi connectivity index (χ3v) is 2.10. The summed E-state index contributed by atoms with van der Waals surface area (Å²) in [5, 5.41) is 7.44. The van der Waals surface area contributed by atoms with Gasteiger partial charge in [-0.15, -0.1) is 0 Å². The van der Waals surface area contributed by atoms with Crippen LogP contribution in [0.25, 0.3) is 0 Å². The van der Waals surface area contributed by atoms with Crippen LogP contribution in [0.1, 0.15) is 20.3 Å². The highest BCUT2D eigenvalue weighted by molar-refractivity contribution is 5.31. The van der Waals surface area contributed by atoms with Gasteiger partial charge >= 0.3 is 0 Å². The van der Waals surface area contributed by atoms with Crippen molar-refractivity contribution in [1.29, 1.82) is 0 Å². The lowest BCUT2D eigenvalue weighted by atomic mass is 10.4. The maximum Gasteiger partial charge on any atom is 0.159 e. The zero-order valence-corrected chi connectivity index (χ0v) is 10.3. The molecule has 0 aliphatic heterocycles. The van der Waals surface area contributed by atoms with E-state index in [1.165, 1.54) is 0 Å². The molecule has 5 nitrogen and oxygen atoms in total. The molecule has 0 saturated carbocycles. The maximum absolute atomic E-state index is 5.44. The lowest BCUT2D eigenvalue weighted by Crippen LogP contribution is -2.21. The van der Waals surface area contributed by atoms with E-state index in [-0.39, 0.29) is 6.29 Å². The normalized spacial score (nSPS) is 11.0. The molecule has 1 aromatic rings. The molecule has 0 amide bonds. The Morgan fingerprint density at radius 2 is 2.06 bits per heavy atom. The van der Waals surface area contributed by atoms with Crippen molar-refractivity contribution in [3.05, 3.63) is 12.3 Å². The molecule has 0 aliphatic rings. The fourth-order valence-electron chi connectivity index (χ4n) is 1.41. The third-order valence-electron chi connectivity index (χ3n) is 2.10. The summed E-state index contributed by atoms with van der Waals surface area (Å²) in [5.41, 5.74) is 0. The van der Waals surface area contributed by atoms with E-state index in [1.54, 1.807) is 4.68 Å². The van der Waals surface area contributed by atoms with E-state index in [0.717, 1.165) is 18.8 Å². The van der Waals surface area contributed by atoms with E-state index in [9.17, 15) is 0 Å². The van der Waals surface area contributed by atoms with Gasteiger partial charge in [-0.3, -0.25) is 4.68 Å².